The second-order valence-electron chi connectivity index (χ2n) is 7.91. The van der Waals surface area contributed by atoms with Crippen LogP contribution in [0.25, 0.3) is 0 Å². The Morgan fingerprint density at radius 1 is 1.10 bits per heavy atom. The van der Waals surface area contributed by atoms with E-state index in [4.69, 9.17) is 0 Å². The normalized spacial score (nSPS) is 15.4. The van der Waals surface area contributed by atoms with Gasteiger partial charge in [0.2, 0.25) is 0 Å². The van der Waals surface area contributed by atoms with Crippen molar-refractivity contribution in [1.82, 2.24) is 9.80 Å². The molecule has 2 aromatic rings. The van der Waals surface area contributed by atoms with Crippen molar-refractivity contribution in [1.29, 1.82) is 0 Å². The zero-order valence-corrected chi connectivity index (χ0v) is 17.3. The van der Waals surface area contributed by atoms with Gasteiger partial charge in [0.05, 0.1) is 5.56 Å². The second-order valence-corrected chi connectivity index (χ2v) is 7.91. The number of nitrogens with zero attached hydrogens (tertiary/aromatic N) is 2. The van der Waals surface area contributed by atoms with Crippen molar-refractivity contribution in [3.63, 3.8) is 0 Å². The number of carbonyl (C=O) groups excluding carboxylic acids is 1. The van der Waals surface area contributed by atoms with Gasteiger partial charge in [-0.3, -0.25) is 4.79 Å². The van der Waals surface area contributed by atoms with E-state index in [-0.39, 0.29) is 5.56 Å². The molecule has 2 aromatic carbocycles. The summed E-state index contributed by atoms with van der Waals surface area (Å²) in [7, 11) is 0. The summed E-state index contributed by atoms with van der Waals surface area (Å²) in [6, 6.07) is 12.3. The fourth-order valence-corrected chi connectivity index (χ4v) is 4.07. The molecular formula is C24H30F2N2O. The van der Waals surface area contributed by atoms with Crippen LogP contribution in [0.2, 0.25) is 0 Å². The topological polar surface area (TPSA) is 23.6 Å². The maximum absolute atomic E-state index is 14.0. The molecule has 0 bridgehead atoms. The Labute approximate surface area is 172 Å². The smallest absolute Gasteiger partial charge is 0.256 e. The standard InChI is InChI=1S/C24H30F2N2O/c1-3-28(24(29)21-9-6-10-22(25)23(21)26)17-19-11-14-27(15-12-19)16-13-20-8-5-4-7-18(20)2/h4-10,19H,3,11-17H2,1-2H3. The number of likely N-dealkylation sites (tertiary alicyclic amines) is 1. The lowest BCUT2D eigenvalue weighted by atomic mass is 9.95. The van der Waals surface area contributed by atoms with E-state index in [1.54, 1.807) is 4.90 Å². The Morgan fingerprint density at radius 3 is 2.52 bits per heavy atom. The highest BCUT2D eigenvalue weighted by molar-refractivity contribution is 5.94. The summed E-state index contributed by atoms with van der Waals surface area (Å²) in [5, 5.41) is 0. The molecule has 0 spiro atoms. The van der Waals surface area contributed by atoms with Gasteiger partial charge in [-0.2, -0.15) is 0 Å². The molecule has 3 rings (SSSR count). The summed E-state index contributed by atoms with van der Waals surface area (Å²) >= 11 is 0. The van der Waals surface area contributed by atoms with Gasteiger partial charge in [0.15, 0.2) is 11.6 Å². The van der Waals surface area contributed by atoms with E-state index in [0.29, 0.717) is 19.0 Å². The van der Waals surface area contributed by atoms with Crippen molar-refractivity contribution >= 4 is 5.91 Å². The molecule has 156 valence electrons. The van der Waals surface area contributed by atoms with Crippen LogP contribution in [0.15, 0.2) is 42.5 Å². The number of piperidine rings is 1. The summed E-state index contributed by atoms with van der Waals surface area (Å²) in [6.45, 7) is 8.18. The van der Waals surface area contributed by atoms with Gasteiger partial charge in [0.1, 0.15) is 0 Å². The molecule has 0 saturated carbocycles. The van der Waals surface area contributed by atoms with E-state index in [1.165, 1.54) is 23.3 Å². The predicted molar refractivity (Wildman–Crippen MR) is 112 cm³/mol. The molecule has 0 aliphatic carbocycles. The molecule has 1 saturated heterocycles. The number of halogens is 2. The van der Waals surface area contributed by atoms with Crippen LogP contribution in [0.1, 0.15) is 41.3 Å². The van der Waals surface area contributed by atoms with Crippen LogP contribution < -0.4 is 0 Å². The zero-order valence-electron chi connectivity index (χ0n) is 17.3. The fourth-order valence-electron chi connectivity index (χ4n) is 4.07. The van der Waals surface area contributed by atoms with E-state index in [9.17, 15) is 13.6 Å². The lowest BCUT2D eigenvalue weighted by Gasteiger charge is -2.34. The van der Waals surface area contributed by atoms with E-state index >= 15 is 0 Å². The van der Waals surface area contributed by atoms with Crippen LogP contribution in [0.3, 0.4) is 0 Å². The molecule has 1 aliphatic heterocycles. The molecule has 1 heterocycles. The molecule has 1 aliphatic rings. The SMILES string of the molecule is CCN(CC1CCN(CCc2ccccc2C)CC1)C(=O)c1cccc(F)c1F. The number of hydrogen-bond acceptors (Lipinski definition) is 2. The molecule has 3 nitrogen and oxygen atoms in total. The number of amides is 1. The van der Waals surface area contributed by atoms with Gasteiger partial charge in [0, 0.05) is 19.6 Å². The molecule has 0 unspecified atom stereocenters. The average Bonchev–Trinajstić information content (AvgIpc) is 2.74. The monoisotopic (exact) mass is 400 g/mol. The number of benzene rings is 2. The summed E-state index contributed by atoms with van der Waals surface area (Å²) < 4.78 is 27.5. The van der Waals surface area contributed by atoms with Crippen LogP contribution in [0, 0.1) is 24.5 Å². The van der Waals surface area contributed by atoms with Gasteiger partial charge in [-0.05, 0) is 75.4 Å². The minimum atomic E-state index is -1.05. The van der Waals surface area contributed by atoms with E-state index in [0.717, 1.165) is 45.0 Å². The first kappa shape index (κ1) is 21.4. The van der Waals surface area contributed by atoms with Gasteiger partial charge in [-0.1, -0.05) is 30.3 Å². The maximum Gasteiger partial charge on any atom is 0.256 e. The first-order valence-electron chi connectivity index (χ1n) is 10.5. The van der Waals surface area contributed by atoms with Gasteiger partial charge >= 0.3 is 0 Å². The number of hydrogen-bond donors (Lipinski definition) is 0. The number of aryl methyl sites for hydroxylation is 1. The Kier molecular flexibility index (Phi) is 7.37. The van der Waals surface area contributed by atoms with Crippen molar-refractivity contribution in [2.45, 2.75) is 33.1 Å². The van der Waals surface area contributed by atoms with Crippen LogP contribution in [0.5, 0.6) is 0 Å². The molecule has 1 fully saturated rings. The van der Waals surface area contributed by atoms with Gasteiger partial charge in [-0.15, -0.1) is 0 Å². The molecule has 0 radical (unpaired) electrons. The molecule has 0 atom stereocenters. The summed E-state index contributed by atoms with van der Waals surface area (Å²) in [5.41, 5.74) is 2.56. The quantitative estimate of drug-likeness (QED) is 0.673. The van der Waals surface area contributed by atoms with Gasteiger partial charge in [0.25, 0.3) is 5.91 Å². The Hall–Kier alpha value is -2.27. The molecule has 1 amide bonds. The minimum Gasteiger partial charge on any atom is -0.339 e. The third-order valence-corrected chi connectivity index (χ3v) is 6.00. The lowest BCUT2D eigenvalue weighted by Crippen LogP contribution is -2.41. The highest BCUT2D eigenvalue weighted by atomic mass is 19.2. The van der Waals surface area contributed by atoms with E-state index in [2.05, 4.69) is 36.1 Å². The average molecular weight is 401 g/mol. The molecule has 0 aromatic heterocycles. The van der Waals surface area contributed by atoms with Crippen molar-refractivity contribution in [2.24, 2.45) is 5.92 Å². The highest BCUT2D eigenvalue weighted by Gasteiger charge is 2.25. The fraction of sp³-hybridized carbons (Fsp3) is 0.458. The third-order valence-electron chi connectivity index (χ3n) is 6.00. The lowest BCUT2D eigenvalue weighted by molar-refractivity contribution is 0.0696. The maximum atomic E-state index is 14.0. The molecular weight excluding hydrogens is 370 g/mol. The Morgan fingerprint density at radius 2 is 1.83 bits per heavy atom. The van der Waals surface area contributed by atoms with Crippen LogP contribution >= 0.6 is 0 Å². The number of rotatable bonds is 7. The largest absolute Gasteiger partial charge is 0.339 e. The molecule has 29 heavy (non-hydrogen) atoms. The Balaban J connectivity index is 1.50. The predicted octanol–water partition coefficient (Wildman–Crippen LogP) is 4.69. The van der Waals surface area contributed by atoms with Crippen molar-refractivity contribution < 1.29 is 13.6 Å². The third kappa shape index (κ3) is 5.41. The summed E-state index contributed by atoms with van der Waals surface area (Å²) in [5.74, 6) is -2.06. The van der Waals surface area contributed by atoms with Crippen molar-refractivity contribution in [3.05, 3.63) is 70.8 Å². The van der Waals surface area contributed by atoms with Crippen LogP contribution in [-0.2, 0) is 6.42 Å². The van der Waals surface area contributed by atoms with Crippen LogP contribution in [0.4, 0.5) is 8.78 Å². The highest BCUT2D eigenvalue weighted by Crippen LogP contribution is 2.21. The minimum absolute atomic E-state index is 0.178. The zero-order chi connectivity index (χ0) is 20.8. The van der Waals surface area contributed by atoms with Gasteiger partial charge in [-0.25, -0.2) is 8.78 Å². The van der Waals surface area contributed by atoms with Crippen molar-refractivity contribution in [2.75, 3.05) is 32.7 Å². The molecule has 0 N–H and O–H groups in total. The summed E-state index contributed by atoms with van der Waals surface area (Å²) in [6.07, 6.45) is 3.09. The molecule has 5 heteroatoms. The van der Waals surface area contributed by atoms with E-state index < -0.39 is 17.5 Å². The summed E-state index contributed by atoms with van der Waals surface area (Å²) in [4.78, 5) is 16.8. The first-order valence-corrected chi connectivity index (χ1v) is 10.5. The Bertz CT molecular complexity index is 831. The van der Waals surface area contributed by atoms with Crippen LogP contribution in [-0.4, -0.2) is 48.4 Å². The van der Waals surface area contributed by atoms with E-state index in [1.807, 2.05) is 6.92 Å². The second kappa shape index (κ2) is 9.97. The number of carbonyl (C=O) groups is 1. The first-order chi connectivity index (χ1) is 14.0. The van der Waals surface area contributed by atoms with Gasteiger partial charge < -0.3 is 9.80 Å². The van der Waals surface area contributed by atoms with Crippen molar-refractivity contribution in [3.8, 4) is 0 Å².